The molecule has 6 heteroatoms. The summed E-state index contributed by atoms with van der Waals surface area (Å²) in [6, 6.07) is 1.93. The highest BCUT2D eigenvalue weighted by atomic mass is 16.6. The van der Waals surface area contributed by atoms with Crippen LogP contribution in [0, 0.1) is 5.41 Å². The van der Waals surface area contributed by atoms with E-state index in [9.17, 15) is 14.7 Å². The summed E-state index contributed by atoms with van der Waals surface area (Å²) in [6.45, 7) is 5.51. The van der Waals surface area contributed by atoms with Crippen LogP contribution in [0.2, 0.25) is 0 Å². The van der Waals surface area contributed by atoms with E-state index >= 15 is 0 Å². The SMILES string of the molecule is CC(C)(C)OC(=O)N1CCC2(Cc3ccncc3C2)C(O)C1=O. The molecule has 0 radical (unpaired) electrons. The van der Waals surface area contributed by atoms with Gasteiger partial charge in [0.15, 0.2) is 0 Å². The van der Waals surface area contributed by atoms with Crippen LogP contribution < -0.4 is 0 Å². The Balaban J connectivity index is 1.77. The maximum Gasteiger partial charge on any atom is 0.417 e. The molecule has 1 N–H and O–H groups in total. The minimum atomic E-state index is -1.20. The van der Waals surface area contributed by atoms with Crippen molar-refractivity contribution in [1.29, 1.82) is 0 Å². The number of rotatable bonds is 0. The molecule has 1 saturated heterocycles. The van der Waals surface area contributed by atoms with Crippen LogP contribution in [-0.2, 0) is 22.4 Å². The van der Waals surface area contributed by atoms with E-state index in [1.165, 1.54) is 0 Å². The topological polar surface area (TPSA) is 79.7 Å². The summed E-state index contributed by atoms with van der Waals surface area (Å²) in [5, 5.41) is 10.6. The Labute approximate surface area is 135 Å². The molecule has 1 aromatic rings. The van der Waals surface area contributed by atoms with Crippen molar-refractivity contribution in [3.63, 3.8) is 0 Å². The Bertz CT molecular complexity index is 625. The first kappa shape index (κ1) is 15.9. The van der Waals surface area contributed by atoms with Gasteiger partial charge in [-0.2, -0.15) is 0 Å². The molecule has 0 aromatic carbocycles. The minimum Gasteiger partial charge on any atom is -0.443 e. The van der Waals surface area contributed by atoms with Crippen molar-refractivity contribution < 1.29 is 19.4 Å². The molecular weight excluding hydrogens is 296 g/mol. The quantitative estimate of drug-likeness (QED) is 0.787. The molecule has 1 aliphatic carbocycles. The summed E-state index contributed by atoms with van der Waals surface area (Å²) in [6.07, 6.45) is 3.45. The molecule has 1 spiro atoms. The lowest BCUT2D eigenvalue weighted by Crippen LogP contribution is -2.57. The number of nitrogens with zero attached hydrogens (tertiary/aromatic N) is 2. The van der Waals surface area contributed by atoms with E-state index in [2.05, 4.69) is 4.98 Å². The molecule has 0 bridgehead atoms. The highest BCUT2D eigenvalue weighted by molar-refractivity contribution is 5.95. The number of hydrogen-bond acceptors (Lipinski definition) is 5. The van der Waals surface area contributed by atoms with Crippen molar-refractivity contribution in [3.05, 3.63) is 29.6 Å². The number of imide groups is 1. The fourth-order valence-electron chi connectivity index (χ4n) is 3.47. The molecule has 2 heterocycles. The van der Waals surface area contributed by atoms with Gasteiger partial charge in [0.05, 0.1) is 0 Å². The molecule has 2 amide bonds. The summed E-state index contributed by atoms with van der Waals surface area (Å²) in [5.74, 6) is -0.564. The van der Waals surface area contributed by atoms with Crippen LogP contribution in [0.25, 0.3) is 0 Å². The lowest BCUT2D eigenvalue weighted by atomic mass is 9.73. The first-order valence-electron chi connectivity index (χ1n) is 7.86. The zero-order valence-corrected chi connectivity index (χ0v) is 13.7. The van der Waals surface area contributed by atoms with Gasteiger partial charge in [0.2, 0.25) is 0 Å². The molecule has 6 nitrogen and oxygen atoms in total. The standard InChI is InChI=1S/C17H22N2O4/c1-16(2,3)23-15(22)19-7-5-17(13(20)14(19)21)8-11-4-6-18-10-12(11)9-17/h4,6,10,13,20H,5,7-9H2,1-3H3. The number of piperidine rings is 1. The summed E-state index contributed by atoms with van der Waals surface area (Å²) in [5.41, 5.74) is 0.996. The molecule has 124 valence electrons. The van der Waals surface area contributed by atoms with Crippen LogP contribution in [-0.4, -0.2) is 45.2 Å². The number of aromatic nitrogens is 1. The summed E-state index contributed by atoms with van der Waals surface area (Å²) in [7, 11) is 0. The molecule has 1 aromatic heterocycles. The van der Waals surface area contributed by atoms with Gasteiger partial charge in [0.25, 0.3) is 5.91 Å². The van der Waals surface area contributed by atoms with Crippen LogP contribution in [0.4, 0.5) is 4.79 Å². The number of amides is 2. The van der Waals surface area contributed by atoms with E-state index in [1.807, 2.05) is 6.07 Å². The molecular formula is C17H22N2O4. The van der Waals surface area contributed by atoms with Gasteiger partial charge < -0.3 is 9.84 Å². The van der Waals surface area contributed by atoms with E-state index in [0.717, 1.165) is 16.0 Å². The van der Waals surface area contributed by atoms with Gasteiger partial charge >= 0.3 is 6.09 Å². The number of carbonyl (C=O) groups is 2. The highest BCUT2D eigenvalue weighted by Crippen LogP contribution is 2.45. The lowest BCUT2D eigenvalue weighted by Gasteiger charge is -2.41. The fourth-order valence-corrected chi connectivity index (χ4v) is 3.47. The number of aliphatic hydroxyl groups excluding tert-OH is 1. The van der Waals surface area contributed by atoms with E-state index in [1.54, 1.807) is 33.2 Å². The Morgan fingerprint density at radius 1 is 1.39 bits per heavy atom. The Morgan fingerprint density at radius 2 is 2.09 bits per heavy atom. The smallest absolute Gasteiger partial charge is 0.417 e. The van der Waals surface area contributed by atoms with Crippen molar-refractivity contribution in [3.8, 4) is 0 Å². The van der Waals surface area contributed by atoms with E-state index in [4.69, 9.17) is 4.74 Å². The number of hydrogen-bond donors (Lipinski definition) is 1. The van der Waals surface area contributed by atoms with Crippen molar-refractivity contribution in [2.75, 3.05) is 6.54 Å². The fraction of sp³-hybridized carbons (Fsp3) is 0.588. The molecule has 3 rings (SSSR count). The molecule has 2 aliphatic rings. The van der Waals surface area contributed by atoms with Crippen LogP contribution in [0.1, 0.15) is 38.3 Å². The summed E-state index contributed by atoms with van der Waals surface area (Å²) >= 11 is 0. The number of aliphatic hydroxyl groups is 1. The second kappa shape index (κ2) is 5.30. The molecule has 23 heavy (non-hydrogen) atoms. The monoisotopic (exact) mass is 318 g/mol. The first-order chi connectivity index (χ1) is 10.7. The molecule has 1 aliphatic heterocycles. The Hall–Kier alpha value is -1.95. The second-order valence-corrected chi connectivity index (χ2v) is 7.48. The molecule has 2 unspecified atom stereocenters. The van der Waals surface area contributed by atoms with Gasteiger partial charge in [-0.05, 0) is 57.2 Å². The maximum atomic E-state index is 12.5. The zero-order chi connectivity index (χ0) is 16.8. The number of likely N-dealkylation sites (tertiary alicyclic amines) is 1. The van der Waals surface area contributed by atoms with Crippen molar-refractivity contribution in [1.82, 2.24) is 9.88 Å². The summed E-state index contributed by atoms with van der Waals surface area (Å²) < 4.78 is 5.25. The summed E-state index contributed by atoms with van der Waals surface area (Å²) in [4.78, 5) is 29.8. The molecule has 0 saturated carbocycles. The average Bonchev–Trinajstić information content (AvgIpc) is 2.82. The predicted molar refractivity (Wildman–Crippen MR) is 82.6 cm³/mol. The minimum absolute atomic E-state index is 0.270. The Morgan fingerprint density at radius 3 is 2.74 bits per heavy atom. The van der Waals surface area contributed by atoms with Crippen LogP contribution in [0.3, 0.4) is 0 Å². The third-order valence-electron chi connectivity index (χ3n) is 4.62. The van der Waals surface area contributed by atoms with Crippen molar-refractivity contribution >= 4 is 12.0 Å². The van der Waals surface area contributed by atoms with Gasteiger partial charge in [-0.1, -0.05) is 0 Å². The van der Waals surface area contributed by atoms with Crippen molar-refractivity contribution in [2.45, 2.75) is 51.7 Å². The maximum absolute atomic E-state index is 12.5. The predicted octanol–water partition coefficient (Wildman–Crippen LogP) is 1.69. The third-order valence-corrected chi connectivity index (χ3v) is 4.62. The number of fused-ring (bicyclic) bond motifs is 1. The van der Waals surface area contributed by atoms with E-state index < -0.39 is 29.1 Å². The Kier molecular flexibility index (Phi) is 3.67. The van der Waals surface area contributed by atoms with E-state index in [-0.39, 0.29) is 6.54 Å². The van der Waals surface area contributed by atoms with Crippen molar-refractivity contribution in [2.24, 2.45) is 5.41 Å². The van der Waals surface area contributed by atoms with Gasteiger partial charge in [-0.25, -0.2) is 9.69 Å². The molecule has 1 fully saturated rings. The van der Waals surface area contributed by atoms with Gasteiger partial charge in [-0.3, -0.25) is 9.78 Å². The third kappa shape index (κ3) is 2.83. The zero-order valence-electron chi connectivity index (χ0n) is 13.7. The molecule has 2 atom stereocenters. The van der Waals surface area contributed by atoms with Gasteiger partial charge in [0, 0.05) is 24.4 Å². The van der Waals surface area contributed by atoms with Gasteiger partial charge in [0.1, 0.15) is 11.7 Å². The average molecular weight is 318 g/mol. The largest absolute Gasteiger partial charge is 0.443 e. The van der Waals surface area contributed by atoms with E-state index in [0.29, 0.717) is 19.3 Å². The second-order valence-electron chi connectivity index (χ2n) is 7.48. The van der Waals surface area contributed by atoms with Crippen LogP contribution >= 0.6 is 0 Å². The number of carbonyl (C=O) groups excluding carboxylic acids is 2. The normalized spacial score (nSPS) is 27.2. The van der Waals surface area contributed by atoms with Crippen LogP contribution in [0.15, 0.2) is 18.5 Å². The lowest BCUT2D eigenvalue weighted by molar-refractivity contribution is -0.153. The van der Waals surface area contributed by atoms with Gasteiger partial charge in [-0.15, -0.1) is 0 Å². The highest BCUT2D eigenvalue weighted by Gasteiger charge is 2.52. The number of ether oxygens (including phenoxy) is 1. The first-order valence-corrected chi connectivity index (χ1v) is 7.86. The van der Waals surface area contributed by atoms with Crippen LogP contribution in [0.5, 0.6) is 0 Å². The number of pyridine rings is 1.